The van der Waals surface area contributed by atoms with Gasteiger partial charge in [0.15, 0.2) is 5.65 Å². The number of hydrogen-bond donors (Lipinski definition) is 2. The molecule has 2 N–H and O–H groups in total. The SMILES string of the molecule is CS(=O)c1ccc(-c2cccn3nc(Nc4cccc(C5CCNCC5)c4)nc23)cc1. The Hall–Kier alpha value is -3.03. The first-order valence-corrected chi connectivity index (χ1v) is 12.1. The zero-order valence-corrected chi connectivity index (χ0v) is 18.2. The van der Waals surface area contributed by atoms with E-state index in [-0.39, 0.29) is 0 Å². The van der Waals surface area contributed by atoms with E-state index in [0.717, 1.165) is 40.4 Å². The first-order valence-electron chi connectivity index (χ1n) is 10.5. The van der Waals surface area contributed by atoms with Gasteiger partial charge in [-0.25, -0.2) is 4.52 Å². The Morgan fingerprint density at radius 1 is 1.06 bits per heavy atom. The van der Waals surface area contributed by atoms with Crippen molar-refractivity contribution < 1.29 is 4.21 Å². The van der Waals surface area contributed by atoms with Crippen LogP contribution < -0.4 is 10.6 Å². The van der Waals surface area contributed by atoms with Gasteiger partial charge in [-0.3, -0.25) is 4.21 Å². The van der Waals surface area contributed by atoms with E-state index in [0.29, 0.717) is 11.9 Å². The summed E-state index contributed by atoms with van der Waals surface area (Å²) in [6.07, 6.45) is 5.93. The lowest BCUT2D eigenvalue weighted by molar-refractivity contribution is 0.460. The second kappa shape index (κ2) is 8.61. The number of benzene rings is 2. The van der Waals surface area contributed by atoms with Crippen molar-refractivity contribution in [3.05, 3.63) is 72.4 Å². The third kappa shape index (κ3) is 4.24. The molecule has 0 bridgehead atoms. The van der Waals surface area contributed by atoms with Crippen LogP contribution in [0.1, 0.15) is 24.3 Å². The minimum Gasteiger partial charge on any atom is -0.323 e. The van der Waals surface area contributed by atoms with Crippen molar-refractivity contribution in [3.8, 4) is 11.1 Å². The molecule has 3 heterocycles. The molecule has 2 aromatic heterocycles. The molecular weight excluding hydrogens is 406 g/mol. The molecule has 0 saturated carbocycles. The lowest BCUT2D eigenvalue weighted by Crippen LogP contribution is -2.26. The number of rotatable bonds is 5. The summed E-state index contributed by atoms with van der Waals surface area (Å²) in [5, 5.41) is 11.4. The smallest absolute Gasteiger partial charge is 0.247 e. The Bertz CT molecular complexity index is 1230. The molecule has 1 saturated heterocycles. The lowest BCUT2D eigenvalue weighted by atomic mass is 9.90. The van der Waals surface area contributed by atoms with Gasteiger partial charge in [-0.15, -0.1) is 5.10 Å². The number of piperidine rings is 1. The summed E-state index contributed by atoms with van der Waals surface area (Å²) in [6.45, 7) is 2.16. The maximum Gasteiger partial charge on any atom is 0.247 e. The van der Waals surface area contributed by atoms with Gasteiger partial charge in [0, 0.05) is 39.4 Å². The number of pyridine rings is 1. The van der Waals surface area contributed by atoms with E-state index >= 15 is 0 Å². The Morgan fingerprint density at radius 2 is 1.87 bits per heavy atom. The zero-order chi connectivity index (χ0) is 21.2. The Balaban J connectivity index is 1.43. The summed E-state index contributed by atoms with van der Waals surface area (Å²) in [5.74, 6) is 1.17. The van der Waals surface area contributed by atoms with Crippen LogP contribution in [-0.2, 0) is 10.8 Å². The van der Waals surface area contributed by atoms with Crippen molar-refractivity contribution in [2.45, 2.75) is 23.7 Å². The number of anilines is 2. The average Bonchev–Trinajstić information content (AvgIpc) is 3.22. The van der Waals surface area contributed by atoms with E-state index in [2.05, 4.69) is 40.0 Å². The molecule has 158 valence electrons. The fourth-order valence-corrected chi connectivity index (χ4v) is 4.68. The first-order chi connectivity index (χ1) is 15.2. The van der Waals surface area contributed by atoms with E-state index in [1.54, 1.807) is 10.8 Å². The summed E-state index contributed by atoms with van der Waals surface area (Å²) >= 11 is 0. The van der Waals surface area contributed by atoms with Crippen molar-refractivity contribution >= 4 is 28.1 Å². The van der Waals surface area contributed by atoms with Gasteiger partial charge in [0.05, 0.1) is 0 Å². The maximum absolute atomic E-state index is 11.7. The van der Waals surface area contributed by atoms with E-state index in [9.17, 15) is 4.21 Å². The van der Waals surface area contributed by atoms with Crippen molar-refractivity contribution in [1.29, 1.82) is 0 Å². The molecule has 1 unspecified atom stereocenters. The van der Waals surface area contributed by atoms with Gasteiger partial charge in [0.25, 0.3) is 0 Å². The molecule has 4 aromatic rings. The van der Waals surface area contributed by atoms with E-state index in [1.807, 2.05) is 42.6 Å². The maximum atomic E-state index is 11.7. The van der Waals surface area contributed by atoms with Crippen LogP contribution >= 0.6 is 0 Å². The van der Waals surface area contributed by atoms with Crippen LogP contribution in [0.5, 0.6) is 0 Å². The molecule has 1 aliphatic rings. The van der Waals surface area contributed by atoms with Gasteiger partial charge in [-0.05, 0) is 79.4 Å². The minimum atomic E-state index is -0.990. The van der Waals surface area contributed by atoms with Crippen LogP contribution in [0.25, 0.3) is 16.8 Å². The van der Waals surface area contributed by atoms with Crippen LogP contribution in [-0.4, -0.2) is 38.2 Å². The Kier molecular flexibility index (Phi) is 5.53. The van der Waals surface area contributed by atoms with Gasteiger partial charge in [-0.2, -0.15) is 4.98 Å². The van der Waals surface area contributed by atoms with Crippen molar-refractivity contribution in [2.24, 2.45) is 0 Å². The number of aromatic nitrogens is 3. The molecule has 1 aliphatic heterocycles. The summed E-state index contributed by atoms with van der Waals surface area (Å²) in [6, 6.07) is 20.3. The van der Waals surface area contributed by atoms with Gasteiger partial charge in [0.2, 0.25) is 5.95 Å². The van der Waals surface area contributed by atoms with E-state index in [4.69, 9.17) is 4.98 Å². The summed E-state index contributed by atoms with van der Waals surface area (Å²) < 4.78 is 13.5. The molecule has 1 atom stereocenters. The number of nitrogens with one attached hydrogen (secondary N) is 2. The number of fused-ring (bicyclic) bond motifs is 1. The van der Waals surface area contributed by atoms with Crippen molar-refractivity contribution in [2.75, 3.05) is 24.7 Å². The van der Waals surface area contributed by atoms with E-state index < -0.39 is 10.8 Å². The first kappa shape index (κ1) is 19.9. The predicted molar refractivity (Wildman–Crippen MR) is 125 cm³/mol. The Morgan fingerprint density at radius 3 is 2.65 bits per heavy atom. The molecule has 0 amide bonds. The van der Waals surface area contributed by atoms with Crippen molar-refractivity contribution in [3.63, 3.8) is 0 Å². The highest BCUT2D eigenvalue weighted by Gasteiger charge is 2.16. The van der Waals surface area contributed by atoms with E-state index in [1.165, 1.54) is 18.4 Å². The fraction of sp³-hybridized carbons (Fsp3) is 0.250. The quantitative estimate of drug-likeness (QED) is 0.492. The van der Waals surface area contributed by atoms with Crippen LogP contribution in [0.4, 0.5) is 11.6 Å². The summed E-state index contributed by atoms with van der Waals surface area (Å²) in [5.41, 5.74) is 5.16. The molecule has 0 spiro atoms. The zero-order valence-electron chi connectivity index (χ0n) is 17.4. The molecular formula is C24H25N5OS. The molecule has 0 radical (unpaired) electrons. The largest absolute Gasteiger partial charge is 0.323 e. The molecule has 2 aromatic carbocycles. The number of nitrogens with zero attached hydrogens (tertiary/aromatic N) is 3. The van der Waals surface area contributed by atoms with Crippen LogP contribution in [0, 0.1) is 0 Å². The van der Waals surface area contributed by atoms with Gasteiger partial charge in [0.1, 0.15) is 0 Å². The van der Waals surface area contributed by atoms with Gasteiger partial charge >= 0.3 is 0 Å². The standard InChI is InChI=1S/C24H25N5OS/c1-31(30)21-9-7-18(8-10-21)22-6-3-15-29-23(22)27-24(28-29)26-20-5-2-4-19(16-20)17-11-13-25-14-12-17/h2-10,15-17,25H,11-14H2,1H3,(H,26,28). The highest BCUT2D eigenvalue weighted by Crippen LogP contribution is 2.29. The molecule has 7 heteroatoms. The second-order valence-corrected chi connectivity index (χ2v) is 9.26. The summed E-state index contributed by atoms with van der Waals surface area (Å²) in [7, 11) is -0.990. The minimum absolute atomic E-state index is 0.571. The molecule has 31 heavy (non-hydrogen) atoms. The monoisotopic (exact) mass is 431 g/mol. The lowest BCUT2D eigenvalue weighted by Gasteiger charge is -2.23. The molecule has 1 fully saturated rings. The molecule has 5 rings (SSSR count). The van der Waals surface area contributed by atoms with Crippen LogP contribution in [0.2, 0.25) is 0 Å². The average molecular weight is 432 g/mol. The summed E-state index contributed by atoms with van der Waals surface area (Å²) in [4.78, 5) is 5.57. The highest BCUT2D eigenvalue weighted by atomic mass is 32.2. The van der Waals surface area contributed by atoms with Gasteiger partial charge in [-0.1, -0.05) is 24.3 Å². The predicted octanol–water partition coefficient (Wildman–Crippen LogP) is 4.34. The van der Waals surface area contributed by atoms with Crippen LogP contribution in [0.3, 0.4) is 0 Å². The van der Waals surface area contributed by atoms with Gasteiger partial charge < -0.3 is 10.6 Å². The highest BCUT2D eigenvalue weighted by molar-refractivity contribution is 7.84. The molecule has 0 aliphatic carbocycles. The van der Waals surface area contributed by atoms with Crippen molar-refractivity contribution in [1.82, 2.24) is 19.9 Å². The number of hydrogen-bond acceptors (Lipinski definition) is 5. The Labute approximate surface area is 184 Å². The third-order valence-electron chi connectivity index (χ3n) is 5.81. The molecule has 6 nitrogen and oxygen atoms in total. The normalized spacial score (nSPS) is 15.8. The fourth-order valence-electron chi connectivity index (χ4n) is 4.17. The second-order valence-electron chi connectivity index (χ2n) is 7.88. The van der Waals surface area contributed by atoms with Crippen LogP contribution in [0.15, 0.2) is 71.8 Å². The third-order valence-corrected chi connectivity index (χ3v) is 6.75. The topological polar surface area (TPSA) is 71.3 Å².